The van der Waals surface area contributed by atoms with Crippen LogP contribution in [-0.4, -0.2) is 30.4 Å². The molecule has 1 aliphatic heterocycles. The summed E-state index contributed by atoms with van der Waals surface area (Å²) in [6.45, 7) is 0. The molecule has 0 bridgehead atoms. The lowest BCUT2D eigenvalue weighted by atomic mass is 9.81. The summed E-state index contributed by atoms with van der Waals surface area (Å²) in [6, 6.07) is 31.7. The molecule has 0 fully saturated rings. The number of anilines is 1. The van der Waals surface area contributed by atoms with E-state index in [2.05, 4.69) is 0 Å². The first-order valence-electron chi connectivity index (χ1n) is 11.5. The second kappa shape index (κ2) is 10.2. The number of para-hydroxylation sites is 1. The van der Waals surface area contributed by atoms with Crippen LogP contribution in [0.15, 0.2) is 114 Å². The van der Waals surface area contributed by atoms with E-state index in [1.807, 2.05) is 72.8 Å². The molecule has 1 heterocycles. The minimum atomic E-state index is -0.876. The monoisotopic (exact) mass is 494 g/mol. The molecular formula is C30H23ClN2O3. The SMILES string of the molecule is COc1ccc(C2=NN(c3ccccc3)[C@@H](C(=O)c3ccc(Cl)cc3)[C@@H]2C(=O)c2ccccc2)cc1. The first-order chi connectivity index (χ1) is 17.6. The lowest BCUT2D eigenvalue weighted by Gasteiger charge is -2.26. The van der Waals surface area contributed by atoms with E-state index >= 15 is 0 Å². The van der Waals surface area contributed by atoms with Crippen LogP contribution in [0.1, 0.15) is 26.3 Å². The van der Waals surface area contributed by atoms with Gasteiger partial charge in [-0.1, -0.05) is 60.1 Å². The molecule has 1 aliphatic rings. The minimum absolute atomic E-state index is 0.170. The topological polar surface area (TPSA) is 59.0 Å². The number of hydrogen-bond donors (Lipinski definition) is 0. The predicted octanol–water partition coefficient (Wildman–Crippen LogP) is 6.32. The molecule has 4 aromatic rings. The predicted molar refractivity (Wildman–Crippen MR) is 142 cm³/mol. The van der Waals surface area contributed by atoms with E-state index in [0.29, 0.717) is 27.6 Å². The molecule has 0 amide bonds. The molecule has 5 rings (SSSR count). The van der Waals surface area contributed by atoms with Crippen molar-refractivity contribution in [3.63, 3.8) is 0 Å². The second-order valence-electron chi connectivity index (χ2n) is 8.42. The van der Waals surface area contributed by atoms with Gasteiger partial charge in [0.15, 0.2) is 11.6 Å². The van der Waals surface area contributed by atoms with Crippen molar-refractivity contribution >= 4 is 34.6 Å². The van der Waals surface area contributed by atoms with Crippen molar-refractivity contribution in [1.29, 1.82) is 0 Å². The number of carbonyl (C=O) groups is 2. The summed E-state index contributed by atoms with van der Waals surface area (Å²) in [5.41, 5.74) is 2.98. The molecule has 6 heteroatoms. The quantitative estimate of drug-likeness (QED) is 0.282. The van der Waals surface area contributed by atoms with Crippen LogP contribution in [0.5, 0.6) is 5.75 Å². The number of ketones is 2. The Morgan fingerprint density at radius 3 is 1.94 bits per heavy atom. The van der Waals surface area contributed by atoms with E-state index in [1.165, 1.54) is 0 Å². The van der Waals surface area contributed by atoms with E-state index in [4.69, 9.17) is 21.4 Å². The first-order valence-corrected chi connectivity index (χ1v) is 11.9. The van der Waals surface area contributed by atoms with E-state index in [9.17, 15) is 9.59 Å². The summed E-state index contributed by atoms with van der Waals surface area (Å²) in [7, 11) is 1.60. The molecule has 0 N–H and O–H groups in total. The number of hydrazone groups is 1. The Balaban J connectivity index is 1.68. The third-order valence-corrected chi connectivity index (χ3v) is 6.49. The number of methoxy groups -OCH3 is 1. The summed E-state index contributed by atoms with van der Waals surface area (Å²) in [4.78, 5) is 28.1. The van der Waals surface area contributed by atoms with E-state index in [1.54, 1.807) is 48.5 Å². The average molecular weight is 495 g/mol. The molecule has 0 saturated heterocycles. The Morgan fingerprint density at radius 1 is 0.750 bits per heavy atom. The number of carbonyl (C=O) groups excluding carboxylic acids is 2. The molecule has 0 unspecified atom stereocenters. The fourth-order valence-corrected chi connectivity index (χ4v) is 4.55. The molecule has 0 aliphatic carbocycles. The van der Waals surface area contributed by atoms with Gasteiger partial charge in [-0.3, -0.25) is 14.6 Å². The number of ether oxygens (including phenoxy) is 1. The molecule has 0 aromatic heterocycles. The highest BCUT2D eigenvalue weighted by Crippen LogP contribution is 2.35. The fraction of sp³-hybridized carbons (Fsp3) is 0.100. The van der Waals surface area contributed by atoms with Gasteiger partial charge in [0.25, 0.3) is 0 Å². The van der Waals surface area contributed by atoms with Gasteiger partial charge in [-0.25, -0.2) is 0 Å². The Morgan fingerprint density at radius 2 is 1.33 bits per heavy atom. The molecule has 5 nitrogen and oxygen atoms in total. The fourth-order valence-electron chi connectivity index (χ4n) is 4.43. The van der Waals surface area contributed by atoms with E-state index in [-0.39, 0.29) is 11.6 Å². The van der Waals surface area contributed by atoms with Crippen molar-refractivity contribution in [1.82, 2.24) is 0 Å². The third-order valence-electron chi connectivity index (χ3n) is 6.23. The highest BCUT2D eigenvalue weighted by Gasteiger charge is 2.47. The van der Waals surface area contributed by atoms with Gasteiger partial charge in [0, 0.05) is 16.1 Å². The number of hydrogen-bond acceptors (Lipinski definition) is 5. The summed E-state index contributed by atoms with van der Waals surface area (Å²) in [5, 5.41) is 7.10. The van der Waals surface area contributed by atoms with E-state index in [0.717, 1.165) is 11.3 Å². The lowest BCUT2D eigenvalue weighted by Crippen LogP contribution is -2.44. The minimum Gasteiger partial charge on any atom is -0.497 e. The van der Waals surface area contributed by atoms with Crippen molar-refractivity contribution in [2.45, 2.75) is 6.04 Å². The van der Waals surface area contributed by atoms with Gasteiger partial charge in [-0.2, -0.15) is 5.10 Å². The number of nitrogens with zero attached hydrogens (tertiary/aromatic N) is 2. The van der Waals surface area contributed by atoms with Crippen LogP contribution >= 0.6 is 11.6 Å². The van der Waals surface area contributed by atoms with Gasteiger partial charge >= 0.3 is 0 Å². The molecule has 0 radical (unpaired) electrons. The Kier molecular flexibility index (Phi) is 6.65. The maximum absolute atomic E-state index is 14.0. The average Bonchev–Trinajstić information content (AvgIpc) is 3.34. The highest BCUT2D eigenvalue weighted by atomic mass is 35.5. The summed E-state index contributed by atoms with van der Waals surface area (Å²) >= 11 is 6.08. The van der Waals surface area contributed by atoms with E-state index < -0.39 is 12.0 Å². The first kappa shape index (κ1) is 23.5. The van der Waals surface area contributed by atoms with Gasteiger partial charge in [-0.15, -0.1) is 0 Å². The molecule has 0 saturated carbocycles. The summed E-state index contributed by atoms with van der Waals surface area (Å²) < 4.78 is 5.31. The van der Waals surface area contributed by atoms with Crippen molar-refractivity contribution < 1.29 is 14.3 Å². The van der Waals surface area contributed by atoms with Crippen molar-refractivity contribution in [3.05, 3.63) is 131 Å². The van der Waals surface area contributed by atoms with Crippen molar-refractivity contribution in [2.75, 3.05) is 12.1 Å². The van der Waals surface area contributed by atoms with Crippen LogP contribution in [0.3, 0.4) is 0 Å². The summed E-state index contributed by atoms with van der Waals surface area (Å²) in [5.74, 6) is -0.519. The van der Waals surface area contributed by atoms with Crippen LogP contribution in [-0.2, 0) is 0 Å². The largest absolute Gasteiger partial charge is 0.497 e. The van der Waals surface area contributed by atoms with Crippen LogP contribution in [0.4, 0.5) is 5.69 Å². The molecule has 0 spiro atoms. The Bertz CT molecular complexity index is 1400. The second-order valence-corrected chi connectivity index (χ2v) is 8.85. The zero-order chi connectivity index (χ0) is 25.1. The maximum atomic E-state index is 14.0. The van der Waals surface area contributed by atoms with Crippen molar-refractivity contribution in [2.24, 2.45) is 11.0 Å². The molecule has 4 aromatic carbocycles. The Labute approximate surface area is 214 Å². The molecule has 178 valence electrons. The highest BCUT2D eigenvalue weighted by molar-refractivity contribution is 6.30. The van der Waals surface area contributed by atoms with Gasteiger partial charge in [-0.05, 0) is 66.2 Å². The van der Waals surface area contributed by atoms with Crippen LogP contribution in [0.2, 0.25) is 5.02 Å². The summed E-state index contributed by atoms with van der Waals surface area (Å²) in [6.07, 6.45) is 0. The standard InChI is InChI=1S/C30H23ClN2O3/c1-36-25-18-14-20(15-19-25)27-26(29(34)21-8-4-2-5-9-21)28(30(35)22-12-16-23(31)17-13-22)33(32-27)24-10-6-3-7-11-24/h2-19,26,28H,1H3/t26-,28-/m1/s1. The van der Waals surface area contributed by atoms with Crippen LogP contribution < -0.4 is 9.75 Å². The van der Waals surface area contributed by atoms with Gasteiger partial charge in [0.1, 0.15) is 11.8 Å². The Hall–Kier alpha value is -4.22. The smallest absolute Gasteiger partial charge is 0.188 e. The molecule has 2 atom stereocenters. The van der Waals surface area contributed by atoms with Crippen LogP contribution in [0, 0.1) is 5.92 Å². The van der Waals surface area contributed by atoms with Crippen LogP contribution in [0.25, 0.3) is 0 Å². The lowest BCUT2D eigenvalue weighted by molar-refractivity contribution is 0.0868. The van der Waals surface area contributed by atoms with Gasteiger partial charge in [0.05, 0.1) is 24.4 Å². The molecular weight excluding hydrogens is 472 g/mol. The number of halogens is 1. The number of Topliss-reactive ketones (excluding diaryl/α,β-unsaturated/α-hetero) is 2. The normalized spacial score (nSPS) is 16.9. The van der Waals surface area contributed by atoms with Crippen molar-refractivity contribution in [3.8, 4) is 5.75 Å². The van der Waals surface area contributed by atoms with Gasteiger partial charge < -0.3 is 4.74 Å². The van der Waals surface area contributed by atoms with Gasteiger partial charge in [0.2, 0.25) is 0 Å². The number of rotatable bonds is 7. The zero-order valence-electron chi connectivity index (χ0n) is 19.5. The molecule has 36 heavy (non-hydrogen) atoms. The zero-order valence-corrected chi connectivity index (χ0v) is 20.3. The number of benzene rings is 4. The third kappa shape index (κ3) is 4.53. The maximum Gasteiger partial charge on any atom is 0.188 e.